The fourth-order valence-corrected chi connectivity index (χ4v) is 5.93. The molecule has 1 aliphatic carbocycles. The highest BCUT2D eigenvalue weighted by Gasteiger charge is 2.72. The zero-order valence-electron chi connectivity index (χ0n) is 22.6. The quantitative estimate of drug-likeness (QED) is 0.239. The minimum atomic E-state index is -2.89. The highest BCUT2D eigenvalue weighted by molar-refractivity contribution is 5.82. The lowest BCUT2D eigenvalue weighted by Gasteiger charge is -2.48. The summed E-state index contributed by atoms with van der Waals surface area (Å²) in [4.78, 5) is 38.1. The fourth-order valence-electron chi connectivity index (χ4n) is 5.93. The predicted molar refractivity (Wildman–Crippen MR) is 144 cm³/mol. The highest BCUT2D eigenvalue weighted by Crippen LogP contribution is 2.53. The number of ether oxygens (including phenoxy) is 1. The van der Waals surface area contributed by atoms with E-state index in [-0.39, 0.29) is 17.5 Å². The van der Waals surface area contributed by atoms with Crippen molar-refractivity contribution in [3.63, 3.8) is 0 Å². The number of rotatable bonds is 7. The Morgan fingerprint density at radius 3 is 1.78 bits per heavy atom. The van der Waals surface area contributed by atoms with E-state index < -0.39 is 68.5 Å². The van der Waals surface area contributed by atoms with Crippen LogP contribution in [0.4, 0.5) is 8.78 Å². The molecule has 3 aromatic rings. The summed E-state index contributed by atoms with van der Waals surface area (Å²) in [6.07, 6.45) is -0.177. The zero-order chi connectivity index (χ0) is 30.1. The van der Waals surface area contributed by atoms with Gasteiger partial charge < -0.3 is 9.84 Å². The van der Waals surface area contributed by atoms with Gasteiger partial charge in [-0.1, -0.05) is 54.6 Å². The second-order valence-electron chi connectivity index (χ2n) is 11.3. The largest absolute Gasteiger partial charge is 0.458 e. The molecule has 0 unspecified atom stereocenters. The van der Waals surface area contributed by atoms with Crippen molar-refractivity contribution in [1.82, 2.24) is 0 Å². The molecule has 0 aromatic heterocycles. The van der Waals surface area contributed by atoms with Gasteiger partial charge in [-0.05, 0) is 68.1 Å². The van der Waals surface area contributed by atoms with Crippen LogP contribution in [0.5, 0.6) is 0 Å². The summed E-state index contributed by atoms with van der Waals surface area (Å²) in [7, 11) is 0. The van der Waals surface area contributed by atoms with Crippen LogP contribution in [0.25, 0.3) is 0 Å². The Morgan fingerprint density at radius 1 is 0.854 bits per heavy atom. The summed E-state index contributed by atoms with van der Waals surface area (Å²) < 4.78 is 33.4. The number of halogens is 2. The number of carbonyl (C=O) groups is 1. The number of hydrogen-bond donors (Lipinski definition) is 1. The van der Waals surface area contributed by atoms with Gasteiger partial charge in [-0.3, -0.25) is 20.2 Å². The number of nitrogens with zero attached hydrogens (tertiary/aromatic N) is 2. The molecule has 0 aliphatic heterocycles. The van der Waals surface area contributed by atoms with Gasteiger partial charge in [-0.25, -0.2) is 13.6 Å². The summed E-state index contributed by atoms with van der Waals surface area (Å²) in [5.41, 5.74) is -3.33. The zero-order valence-corrected chi connectivity index (χ0v) is 22.6. The maximum absolute atomic E-state index is 14.0. The summed E-state index contributed by atoms with van der Waals surface area (Å²) in [6, 6.07) is 13.6. The molecule has 0 saturated heterocycles. The molecular weight excluding hydrogens is 538 g/mol. The van der Waals surface area contributed by atoms with Crippen LogP contribution >= 0.6 is 0 Å². The average Bonchev–Trinajstić information content (AvgIpc) is 2.89. The Balaban J connectivity index is 2.08. The Labute approximate surface area is 235 Å². The van der Waals surface area contributed by atoms with Crippen LogP contribution in [0.3, 0.4) is 0 Å². The van der Waals surface area contributed by atoms with Crippen molar-refractivity contribution in [2.24, 2.45) is 5.92 Å². The Kier molecular flexibility index (Phi) is 8.21. The van der Waals surface area contributed by atoms with Crippen LogP contribution in [0.2, 0.25) is 0 Å². The first-order valence-corrected chi connectivity index (χ1v) is 13.0. The molecular formula is C30H30F2N2O7. The lowest BCUT2D eigenvalue weighted by atomic mass is 9.55. The highest BCUT2D eigenvalue weighted by atomic mass is 19.1. The van der Waals surface area contributed by atoms with Crippen molar-refractivity contribution in [2.45, 2.75) is 62.3 Å². The summed E-state index contributed by atoms with van der Waals surface area (Å²) in [5.74, 6) is -7.09. The molecule has 3 aromatic carbocycles. The second kappa shape index (κ2) is 11.3. The monoisotopic (exact) mass is 568 g/mol. The number of carbonyl (C=O) groups excluding carboxylic acids is 1. The molecule has 1 N–H and O–H groups in total. The number of aliphatic hydroxyl groups is 1. The summed E-state index contributed by atoms with van der Waals surface area (Å²) >= 11 is 0. The molecule has 0 amide bonds. The third-order valence-corrected chi connectivity index (χ3v) is 7.53. The van der Waals surface area contributed by atoms with Crippen LogP contribution in [0, 0.1) is 37.8 Å². The van der Waals surface area contributed by atoms with Gasteiger partial charge in [0.15, 0.2) is 0 Å². The van der Waals surface area contributed by atoms with E-state index in [0.717, 1.165) is 24.3 Å². The van der Waals surface area contributed by atoms with Crippen molar-refractivity contribution in [2.75, 3.05) is 0 Å². The molecule has 9 nitrogen and oxygen atoms in total. The first-order valence-electron chi connectivity index (χ1n) is 13.0. The van der Waals surface area contributed by atoms with Crippen LogP contribution in [0.1, 0.15) is 49.3 Å². The van der Waals surface area contributed by atoms with Crippen LogP contribution in [-0.4, -0.2) is 44.2 Å². The molecule has 0 bridgehead atoms. The number of nitro groups is 2. The van der Waals surface area contributed by atoms with E-state index in [2.05, 4.69) is 0 Å². The second-order valence-corrected chi connectivity index (χ2v) is 11.3. The van der Waals surface area contributed by atoms with E-state index in [0.29, 0.717) is 5.56 Å². The molecule has 1 aliphatic rings. The topological polar surface area (TPSA) is 133 Å². The maximum atomic E-state index is 14.0. The maximum Gasteiger partial charge on any atom is 0.346 e. The molecule has 0 radical (unpaired) electrons. The summed E-state index contributed by atoms with van der Waals surface area (Å²) in [6.45, 7) is 4.58. The smallest absolute Gasteiger partial charge is 0.346 e. The summed E-state index contributed by atoms with van der Waals surface area (Å²) in [5, 5.41) is 38.1. The first-order chi connectivity index (χ1) is 19.2. The van der Waals surface area contributed by atoms with Gasteiger partial charge in [0.25, 0.3) is 6.04 Å². The lowest BCUT2D eigenvalue weighted by molar-refractivity contribution is -0.594. The van der Waals surface area contributed by atoms with E-state index >= 15 is 0 Å². The number of esters is 1. The van der Waals surface area contributed by atoms with E-state index in [9.17, 15) is 38.9 Å². The Hall–Kier alpha value is -4.25. The lowest BCUT2D eigenvalue weighted by Crippen LogP contribution is -2.70. The number of hydrogen-bond acceptors (Lipinski definition) is 7. The standard InChI is InChI=1S/C30H30F2N2O7/c1-29(2,3)41-28(35)30(36)23(17-18-7-5-4-6-8-18)24(19-9-13-21(31)14-10-19)26(33(37)38)25(27(30)34(39)40)20-11-15-22(32)16-12-20/h4-16,23-27,36H,17H2,1-3H3/t23-,24+,25-,26+,27+,30-/m1/s1. The molecule has 1 fully saturated rings. The molecule has 0 spiro atoms. The van der Waals surface area contributed by atoms with Gasteiger partial charge >= 0.3 is 5.97 Å². The van der Waals surface area contributed by atoms with Crippen LogP contribution in [-0.2, 0) is 16.0 Å². The molecule has 216 valence electrons. The number of benzene rings is 3. The van der Waals surface area contributed by atoms with E-state index in [1.807, 2.05) is 0 Å². The fraction of sp³-hybridized carbons (Fsp3) is 0.367. The van der Waals surface area contributed by atoms with Crippen molar-refractivity contribution in [3.05, 3.63) is 127 Å². The van der Waals surface area contributed by atoms with Gasteiger partial charge in [0.05, 0.1) is 5.92 Å². The molecule has 0 heterocycles. The molecule has 11 heteroatoms. The van der Waals surface area contributed by atoms with Gasteiger partial charge in [0, 0.05) is 15.8 Å². The van der Waals surface area contributed by atoms with E-state index in [1.165, 1.54) is 45.0 Å². The third-order valence-electron chi connectivity index (χ3n) is 7.53. The Morgan fingerprint density at radius 2 is 1.34 bits per heavy atom. The Bertz CT molecular complexity index is 1410. The van der Waals surface area contributed by atoms with Gasteiger partial charge in [-0.15, -0.1) is 0 Å². The predicted octanol–water partition coefficient (Wildman–Crippen LogP) is 5.07. The third kappa shape index (κ3) is 5.95. The van der Waals surface area contributed by atoms with Crippen molar-refractivity contribution in [1.29, 1.82) is 0 Å². The normalized spacial score (nSPS) is 26.2. The van der Waals surface area contributed by atoms with E-state index in [4.69, 9.17) is 4.74 Å². The average molecular weight is 569 g/mol. The van der Waals surface area contributed by atoms with Gasteiger partial charge in [0.1, 0.15) is 23.2 Å². The van der Waals surface area contributed by atoms with Crippen molar-refractivity contribution < 1.29 is 33.3 Å². The van der Waals surface area contributed by atoms with Crippen LogP contribution < -0.4 is 0 Å². The minimum Gasteiger partial charge on any atom is -0.458 e. The molecule has 4 rings (SSSR count). The van der Waals surface area contributed by atoms with Gasteiger partial charge in [-0.2, -0.15) is 0 Å². The molecule has 41 heavy (non-hydrogen) atoms. The van der Waals surface area contributed by atoms with E-state index in [1.54, 1.807) is 30.3 Å². The van der Waals surface area contributed by atoms with Gasteiger partial charge in [0.2, 0.25) is 11.6 Å². The SMILES string of the molecule is CC(C)(C)OC(=O)[C@@]1(O)[C@H](Cc2ccccc2)[C@H](c2ccc(F)cc2)[C@H]([N+](=O)[O-])[C@@H](c2ccc(F)cc2)[C@@H]1[N+](=O)[O-]. The van der Waals surface area contributed by atoms with Crippen LogP contribution in [0.15, 0.2) is 78.9 Å². The molecule has 6 atom stereocenters. The van der Waals surface area contributed by atoms with Crippen molar-refractivity contribution >= 4 is 5.97 Å². The minimum absolute atomic E-state index is 0.0120. The first kappa shape index (κ1) is 29.7. The molecule has 1 saturated carbocycles. The van der Waals surface area contributed by atoms with Crippen molar-refractivity contribution in [3.8, 4) is 0 Å².